The summed E-state index contributed by atoms with van der Waals surface area (Å²) in [5.41, 5.74) is 1.07. The van der Waals surface area contributed by atoms with E-state index in [1.165, 1.54) is 0 Å². The SMILES string of the molecule is ClCC1(Cc2cc(Cl)ccc2Cl)CCCOC1. The van der Waals surface area contributed by atoms with E-state index in [4.69, 9.17) is 39.5 Å². The summed E-state index contributed by atoms with van der Waals surface area (Å²) in [4.78, 5) is 0. The van der Waals surface area contributed by atoms with Crippen LogP contribution in [0.15, 0.2) is 18.2 Å². The fourth-order valence-corrected chi connectivity index (χ4v) is 2.97. The number of halogens is 3. The molecule has 0 bridgehead atoms. The van der Waals surface area contributed by atoms with Crippen LogP contribution in [-0.2, 0) is 11.2 Å². The molecule has 0 spiro atoms. The minimum absolute atomic E-state index is 0.00806. The lowest BCUT2D eigenvalue weighted by Gasteiger charge is -2.35. The van der Waals surface area contributed by atoms with Gasteiger partial charge in [0.25, 0.3) is 0 Å². The Morgan fingerprint density at radius 1 is 1.29 bits per heavy atom. The lowest BCUT2D eigenvalue weighted by molar-refractivity contribution is 0.00479. The van der Waals surface area contributed by atoms with E-state index in [0.717, 1.165) is 36.5 Å². The summed E-state index contributed by atoms with van der Waals surface area (Å²) in [6.45, 7) is 1.54. The number of rotatable bonds is 3. The largest absolute Gasteiger partial charge is 0.381 e. The van der Waals surface area contributed by atoms with Gasteiger partial charge in [-0.3, -0.25) is 0 Å². The second-order valence-corrected chi connectivity index (χ2v) is 5.81. The van der Waals surface area contributed by atoms with Crippen molar-refractivity contribution in [3.05, 3.63) is 33.8 Å². The Balaban J connectivity index is 2.20. The van der Waals surface area contributed by atoms with Crippen LogP contribution < -0.4 is 0 Å². The molecule has 1 heterocycles. The van der Waals surface area contributed by atoms with Gasteiger partial charge in [-0.25, -0.2) is 0 Å². The van der Waals surface area contributed by atoms with E-state index in [1.807, 2.05) is 12.1 Å². The molecule has 0 aliphatic carbocycles. The molecule has 2 rings (SSSR count). The fourth-order valence-electron chi connectivity index (χ4n) is 2.28. The molecule has 17 heavy (non-hydrogen) atoms. The maximum Gasteiger partial charge on any atom is 0.0537 e. The zero-order chi connectivity index (χ0) is 12.3. The van der Waals surface area contributed by atoms with Crippen molar-refractivity contribution in [1.29, 1.82) is 0 Å². The first-order chi connectivity index (χ1) is 8.15. The highest BCUT2D eigenvalue weighted by atomic mass is 35.5. The first-order valence-corrected chi connectivity index (χ1v) is 7.02. The number of ether oxygens (including phenoxy) is 1. The Morgan fingerprint density at radius 2 is 2.12 bits per heavy atom. The molecule has 1 aromatic carbocycles. The van der Waals surface area contributed by atoms with Gasteiger partial charge in [-0.1, -0.05) is 23.2 Å². The molecule has 0 radical (unpaired) electrons. The summed E-state index contributed by atoms with van der Waals surface area (Å²) >= 11 is 18.3. The van der Waals surface area contributed by atoms with Crippen LogP contribution in [0.5, 0.6) is 0 Å². The average Bonchev–Trinajstić information content (AvgIpc) is 2.35. The molecule has 0 saturated carbocycles. The van der Waals surface area contributed by atoms with Gasteiger partial charge in [0, 0.05) is 27.9 Å². The van der Waals surface area contributed by atoms with Crippen molar-refractivity contribution in [3.8, 4) is 0 Å². The standard InChI is InChI=1S/C13H15Cl3O/c14-8-13(4-1-5-17-9-13)7-10-6-11(15)2-3-12(10)16/h2-3,6H,1,4-5,7-9H2. The van der Waals surface area contributed by atoms with E-state index in [9.17, 15) is 0 Å². The van der Waals surface area contributed by atoms with Gasteiger partial charge < -0.3 is 4.74 Å². The molecular formula is C13H15Cl3O. The molecule has 1 fully saturated rings. The fraction of sp³-hybridized carbons (Fsp3) is 0.538. The Kier molecular flexibility index (Phi) is 4.59. The van der Waals surface area contributed by atoms with Crippen LogP contribution in [0.1, 0.15) is 18.4 Å². The van der Waals surface area contributed by atoms with Crippen molar-refractivity contribution in [3.63, 3.8) is 0 Å². The predicted octanol–water partition coefficient (Wildman–Crippen LogP) is 4.57. The predicted molar refractivity (Wildman–Crippen MR) is 73.4 cm³/mol. The summed E-state index contributed by atoms with van der Waals surface area (Å²) < 4.78 is 5.56. The van der Waals surface area contributed by atoms with Gasteiger partial charge in [0.1, 0.15) is 0 Å². The van der Waals surface area contributed by atoms with Crippen molar-refractivity contribution in [2.24, 2.45) is 5.41 Å². The van der Waals surface area contributed by atoms with Crippen LogP contribution >= 0.6 is 34.8 Å². The summed E-state index contributed by atoms with van der Waals surface area (Å²) in [5.74, 6) is 0.593. The molecule has 0 aromatic heterocycles. The van der Waals surface area contributed by atoms with Gasteiger partial charge in [0.05, 0.1) is 6.61 Å². The maximum atomic E-state index is 6.19. The van der Waals surface area contributed by atoms with Crippen molar-refractivity contribution in [2.45, 2.75) is 19.3 Å². The zero-order valence-electron chi connectivity index (χ0n) is 9.52. The minimum Gasteiger partial charge on any atom is -0.381 e. The number of hydrogen-bond acceptors (Lipinski definition) is 1. The van der Waals surface area contributed by atoms with E-state index >= 15 is 0 Å². The molecular weight excluding hydrogens is 279 g/mol. The first kappa shape index (κ1) is 13.5. The van der Waals surface area contributed by atoms with E-state index in [-0.39, 0.29) is 5.41 Å². The summed E-state index contributed by atoms with van der Waals surface area (Å²) in [7, 11) is 0. The Bertz CT molecular complexity index is 386. The van der Waals surface area contributed by atoms with E-state index in [0.29, 0.717) is 17.5 Å². The van der Waals surface area contributed by atoms with Crippen LogP contribution in [0.4, 0.5) is 0 Å². The molecule has 1 nitrogen and oxygen atoms in total. The third-order valence-electron chi connectivity index (χ3n) is 3.26. The lowest BCUT2D eigenvalue weighted by atomic mass is 9.79. The molecule has 1 aliphatic heterocycles. The van der Waals surface area contributed by atoms with Crippen molar-refractivity contribution in [2.75, 3.05) is 19.1 Å². The van der Waals surface area contributed by atoms with Crippen LogP contribution in [-0.4, -0.2) is 19.1 Å². The highest BCUT2D eigenvalue weighted by Crippen LogP contribution is 2.36. The maximum absolute atomic E-state index is 6.19. The number of hydrogen-bond donors (Lipinski definition) is 0. The first-order valence-electron chi connectivity index (χ1n) is 5.73. The number of alkyl halides is 1. The smallest absolute Gasteiger partial charge is 0.0537 e. The average molecular weight is 294 g/mol. The van der Waals surface area contributed by atoms with Crippen molar-refractivity contribution >= 4 is 34.8 Å². The molecule has 1 saturated heterocycles. The molecule has 1 atom stereocenters. The van der Waals surface area contributed by atoms with E-state index in [2.05, 4.69) is 0 Å². The molecule has 94 valence electrons. The highest BCUT2D eigenvalue weighted by Gasteiger charge is 2.32. The quantitative estimate of drug-likeness (QED) is 0.742. The summed E-state index contributed by atoms with van der Waals surface area (Å²) in [6, 6.07) is 5.57. The van der Waals surface area contributed by atoms with Crippen LogP contribution in [0.25, 0.3) is 0 Å². The van der Waals surface area contributed by atoms with Crippen LogP contribution in [0, 0.1) is 5.41 Å². The van der Waals surface area contributed by atoms with Crippen molar-refractivity contribution < 1.29 is 4.74 Å². The van der Waals surface area contributed by atoms with Gasteiger partial charge in [0.15, 0.2) is 0 Å². The monoisotopic (exact) mass is 292 g/mol. The van der Waals surface area contributed by atoms with Gasteiger partial charge >= 0.3 is 0 Å². The lowest BCUT2D eigenvalue weighted by Crippen LogP contribution is -2.35. The highest BCUT2D eigenvalue weighted by molar-refractivity contribution is 6.33. The second-order valence-electron chi connectivity index (χ2n) is 4.70. The van der Waals surface area contributed by atoms with Gasteiger partial charge in [-0.05, 0) is 43.0 Å². The molecule has 4 heteroatoms. The molecule has 1 unspecified atom stereocenters. The summed E-state index contributed by atoms with van der Waals surface area (Å²) in [5, 5.41) is 1.47. The molecule has 0 N–H and O–H groups in total. The van der Waals surface area contributed by atoms with Crippen LogP contribution in [0.2, 0.25) is 10.0 Å². The summed E-state index contributed by atoms with van der Waals surface area (Å²) in [6.07, 6.45) is 2.97. The third kappa shape index (κ3) is 3.29. The third-order valence-corrected chi connectivity index (χ3v) is 4.43. The van der Waals surface area contributed by atoms with E-state index in [1.54, 1.807) is 6.07 Å². The topological polar surface area (TPSA) is 9.23 Å². The second kappa shape index (κ2) is 5.79. The normalized spacial score (nSPS) is 24.9. The van der Waals surface area contributed by atoms with Gasteiger partial charge in [0.2, 0.25) is 0 Å². The van der Waals surface area contributed by atoms with Crippen LogP contribution in [0.3, 0.4) is 0 Å². The van der Waals surface area contributed by atoms with Gasteiger partial charge in [-0.15, -0.1) is 11.6 Å². The Labute approximate surface area is 117 Å². The van der Waals surface area contributed by atoms with Gasteiger partial charge in [-0.2, -0.15) is 0 Å². The molecule has 0 amide bonds. The van der Waals surface area contributed by atoms with Crippen molar-refractivity contribution in [1.82, 2.24) is 0 Å². The molecule has 1 aliphatic rings. The van der Waals surface area contributed by atoms with E-state index < -0.39 is 0 Å². The minimum atomic E-state index is 0.00806. The Morgan fingerprint density at radius 3 is 2.76 bits per heavy atom. The number of benzene rings is 1. The zero-order valence-corrected chi connectivity index (χ0v) is 11.8. The Hall–Kier alpha value is 0.0500. The molecule has 1 aromatic rings.